The summed E-state index contributed by atoms with van der Waals surface area (Å²) in [5.74, 6) is 0.223. The second-order valence-corrected chi connectivity index (χ2v) is 4.91. The normalized spacial score (nSPS) is 10.1. The van der Waals surface area contributed by atoms with E-state index in [1.807, 2.05) is 19.1 Å². The molecule has 1 N–H and O–H groups in total. The second kappa shape index (κ2) is 6.71. The van der Waals surface area contributed by atoms with Gasteiger partial charge in [0.25, 0.3) is 11.6 Å². The predicted molar refractivity (Wildman–Crippen MR) is 83.1 cm³/mol. The zero-order valence-electron chi connectivity index (χ0n) is 12.3. The van der Waals surface area contributed by atoms with E-state index in [0.717, 1.165) is 11.1 Å². The van der Waals surface area contributed by atoms with Crippen LogP contribution in [0.25, 0.3) is 0 Å². The van der Waals surface area contributed by atoms with Crippen LogP contribution in [0.3, 0.4) is 0 Å². The summed E-state index contributed by atoms with van der Waals surface area (Å²) in [7, 11) is 0. The lowest BCUT2D eigenvalue weighted by Gasteiger charge is -2.09. The third-order valence-electron chi connectivity index (χ3n) is 3.10. The molecule has 2 rings (SSSR count). The highest BCUT2D eigenvalue weighted by atomic mass is 16.6. The lowest BCUT2D eigenvalue weighted by atomic mass is 10.2. The van der Waals surface area contributed by atoms with Gasteiger partial charge in [0.15, 0.2) is 6.61 Å². The smallest absolute Gasteiger partial charge is 0.271 e. The van der Waals surface area contributed by atoms with E-state index in [4.69, 9.17) is 4.74 Å². The fraction of sp³-hybridized carbons (Fsp3) is 0.188. The number of aryl methyl sites for hydroxylation is 2. The van der Waals surface area contributed by atoms with E-state index in [2.05, 4.69) is 5.32 Å². The maximum absolute atomic E-state index is 11.9. The van der Waals surface area contributed by atoms with E-state index in [9.17, 15) is 14.9 Å². The van der Waals surface area contributed by atoms with Crippen molar-refractivity contribution in [3.8, 4) is 5.75 Å². The van der Waals surface area contributed by atoms with Crippen molar-refractivity contribution in [1.82, 2.24) is 0 Å². The minimum atomic E-state index is -0.502. The molecule has 1 amide bonds. The Morgan fingerprint density at radius 1 is 1.18 bits per heavy atom. The molecule has 0 radical (unpaired) electrons. The number of carbonyl (C=O) groups is 1. The van der Waals surface area contributed by atoms with Crippen molar-refractivity contribution in [2.45, 2.75) is 13.8 Å². The molecule has 0 bridgehead atoms. The van der Waals surface area contributed by atoms with Crippen LogP contribution in [0.5, 0.6) is 5.75 Å². The standard InChI is InChI=1S/C16H16N2O4/c1-11-3-7-14(8-4-11)22-10-16(19)17-15-9-13(18(20)21)6-5-12(15)2/h3-9H,10H2,1-2H3,(H,17,19). The average Bonchev–Trinajstić information content (AvgIpc) is 2.48. The number of anilines is 1. The average molecular weight is 300 g/mol. The molecule has 0 saturated carbocycles. The Morgan fingerprint density at radius 2 is 1.86 bits per heavy atom. The Kier molecular flexibility index (Phi) is 4.73. The number of nitro groups is 1. The summed E-state index contributed by atoms with van der Waals surface area (Å²) >= 11 is 0. The molecule has 0 unspecified atom stereocenters. The van der Waals surface area contributed by atoms with Gasteiger partial charge in [-0.05, 0) is 31.5 Å². The number of nitrogens with one attached hydrogen (secondary N) is 1. The van der Waals surface area contributed by atoms with Gasteiger partial charge in [-0.15, -0.1) is 0 Å². The van der Waals surface area contributed by atoms with Crippen LogP contribution in [0, 0.1) is 24.0 Å². The van der Waals surface area contributed by atoms with Gasteiger partial charge in [0.1, 0.15) is 5.75 Å². The maximum Gasteiger partial charge on any atom is 0.271 e. The van der Waals surface area contributed by atoms with Gasteiger partial charge < -0.3 is 10.1 Å². The first-order valence-electron chi connectivity index (χ1n) is 6.70. The van der Waals surface area contributed by atoms with E-state index in [1.54, 1.807) is 25.1 Å². The summed E-state index contributed by atoms with van der Waals surface area (Å²) in [5.41, 5.74) is 2.19. The number of hydrogen-bond donors (Lipinski definition) is 1. The number of hydrogen-bond acceptors (Lipinski definition) is 4. The maximum atomic E-state index is 11.9. The van der Waals surface area contributed by atoms with E-state index in [1.165, 1.54) is 12.1 Å². The fourth-order valence-electron chi connectivity index (χ4n) is 1.83. The number of benzene rings is 2. The Hall–Kier alpha value is -2.89. The molecule has 0 saturated heterocycles. The van der Waals surface area contributed by atoms with E-state index >= 15 is 0 Å². The summed E-state index contributed by atoms with van der Waals surface area (Å²) in [5, 5.41) is 13.4. The van der Waals surface area contributed by atoms with E-state index in [-0.39, 0.29) is 18.2 Å². The van der Waals surface area contributed by atoms with Crippen LogP contribution in [0.2, 0.25) is 0 Å². The zero-order chi connectivity index (χ0) is 16.1. The number of amides is 1. The van der Waals surface area contributed by atoms with Gasteiger partial charge >= 0.3 is 0 Å². The van der Waals surface area contributed by atoms with Crippen LogP contribution in [0.4, 0.5) is 11.4 Å². The number of non-ortho nitro benzene ring substituents is 1. The first-order chi connectivity index (χ1) is 10.5. The van der Waals surface area contributed by atoms with Crippen molar-refractivity contribution in [1.29, 1.82) is 0 Å². The first kappa shape index (κ1) is 15.5. The molecule has 0 heterocycles. The minimum Gasteiger partial charge on any atom is -0.484 e. The molecular weight excluding hydrogens is 284 g/mol. The summed E-state index contributed by atoms with van der Waals surface area (Å²) in [6.07, 6.45) is 0. The van der Waals surface area contributed by atoms with Gasteiger partial charge in [-0.3, -0.25) is 14.9 Å². The molecule has 6 nitrogen and oxygen atoms in total. The lowest BCUT2D eigenvalue weighted by Crippen LogP contribution is -2.20. The molecule has 22 heavy (non-hydrogen) atoms. The number of nitro benzene ring substituents is 1. The highest BCUT2D eigenvalue weighted by molar-refractivity contribution is 5.93. The van der Waals surface area contributed by atoms with Crippen LogP contribution >= 0.6 is 0 Å². The van der Waals surface area contributed by atoms with Crippen LogP contribution in [0.15, 0.2) is 42.5 Å². The Morgan fingerprint density at radius 3 is 2.50 bits per heavy atom. The Labute approximate surface area is 127 Å². The van der Waals surface area contributed by atoms with Crippen LogP contribution in [-0.4, -0.2) is 17.4 Å². The molecule has 0 aliphatic carbocycles. The van der Waals surface area contributed by atoms with Crippen molar-refractivity contribution in [3.63, 3.8) is 0 Å². The van der Waals surface area contributed by atoms with Crippen LogP contribution in [-0.2, 0) is 4.79 Å². The van der Waals surface area contributed by atoms with Gasteiger partial charge in [-0.2, -0.15) is 0 Å². The van der Waals surface area contributed by atoms with Crippen molar-refractivity contribution in [2.24, 2.45) is 0 Å². The fourth-order valence-corrected chi connectivity index (χ4v) is 1.83. The Balaban J connectivity index is 1.98. The highest BCUT2D eigenvalue weighted by Crippen LogP contribution is 2.21. The largest absolute Gasteiger partial charge is 0.484 e. The molecule has 114 valence electrons. The van der Waals surface area contributed by atoms with Crippen molar-refractivity contribution >= 4 is 17.3 Å². The molecule has 2 aromatic rings. The summed E-state index contributed by atoms with van der Waals surface area (Å²) < 4.78 is 5.37. The summed E-state index contributed by atoms with van der Waals surface area (Å²) in [4.78, 5) is 22.1. The van der Waals surface area contributed by atoms with Crippen LogP contribution < -0.4 is 10.1 Å². The van der Waals surface area contributed by atoms with Gasteiger partial charge in [0, 0.05) is 12.1 Å². The second-order valence-electron chi connectivity index (χ2n) is 4.91. The third kappa shape index (κ3) is 4.05. The van der Waals surface area contributed by atoms with Crippen molar-refractivity contribution in [2.75, 3.05) is 11.9 Å². The van der Waals surface area contributed by atoms with Gasteiger partial charge in [-0.25, -0.2) is 0 Å². The third-order valence-corrected chi connectivity index (χ3v) is 3.10. The lowest BCUT2D eigenvalue weighted by molar-refractivity contribution is -0.384. The molecule has 0 aliphatic heterocycles. The van der Waals surface area contributed by atoms with Gasteiger partial charge in [0.05, 0.1) is 10.6 Å². The minimum absolute atomic E-state index is 0.0691. The topological polar surface area (TPSA) is 81.5 Å². The number of nitrogens with zero attached hydrogens (tertiary/aromatic N) is 1. The molecule has 2 aromatic carbocycles. The SMILES string of the molecule is Cc1ccc(OCC(=O)Nc2cc([N+](=O)[O-])ccc2C)cc1. The van der Waals surface area contributed by atoms with Crippen molar-refractivity contribution < 1.29 is 14.5 Å². The first-order valence-corrected chi connectivity index (χ1v) is 6.70. The number of rotatable bonds is 5. The molecule has 0 aliphatic rings. The number of carbonyl (C=O) groups excluding carboxylic acids is 1. The Bertz CT molecular complexity index is 696. The molecule has 0 aromatic heterocycles. The van der Waals surface area contributed by atoms with E-state index < -0.39 is 4.92 Å². The van der Waals surface area contributed by atoms with Crippen molar-refractivity contribution in [3.05, 3.63) is 63.7 Å². The summed E-state index contributed by atoms with van der Waals surface area (Å²) in [6.45, 7) is 3.56. The summed E-state index contributed by atoms with van der Waals surface area (Å²) in [6, 6.07) is 11.7. The number of ether oxygens (including phenoxy) is 1. The molecule has 6 heteroatoms. The predicted octanol–water partition coefficient (Wildman–Crippen LogP) is 3.23. The van der Waals surface area contributed by atoms with Gasteiger partial charge in [-0.1, -0.05) is 23.8 Å². The molecule has 0 spiro atoms. The van der Waals surface area contributed by atoms with Crippen LogP contribution in [0.1, 0.15) is 11.1 Å². The quantitative estimate of drug-likeness (QED) is 0.679. The monoisotopic (exact) mass is 300 g/mol. The highest BCUT2D eigenvalue weighted by Gasteiger charge is 2.11. The molecule has 0 atom stereocenters. The van der Waals surface area contributed by atoms with E-state index in [0.29, 0.717) is 11.4 Å². The molecule has 0 fully saturated rings. The van der Waals surface area contributed by atoms with Gasteiger partial charge in [0.2, 0.25) is 0 Å². The molecular formula is C16H16N2O4. The zero-order valence-corrected chi connectivity index (χ0v) is 12.3.